The molecule has 0 spiro atoms. The molecule has 0 aliphatic heterocycles. The zero-order valence-corrected chi connectivity index (χ0v) is 17.8. The van der Waals surface area contributed by atoms with E-state index in [9.17, 15) is 9.59 Å². The quantitative estimate of drug-likeness (QED) is 0.300. The Labute approximate surface area is 190 Å². The Balaban J connectivity index is 1.95. The molecular weight excluding hydrogens is 418 g/mol. The molecule has 0 amide bonds. The predicted molar refractivity (Wildman–Crippen MR) is 130 cm³/mol. The standard InChI is InChI=1S/C28H18ClNO2/c29-21-17-15-20(16-18-21)27(31)25-26(19-9-3-1-4-10-19)30(22-11-5-2-6-12-22)24-14-8-7-13-23(24)28(25)32/h1-18H. The predicted octanol–water partition coefficient (Wildman–Crippen LogP) is 6.54. The van der Waals surface area contributed by atoms with Crippen LogP contribution in [0.5, 0.6) is 0 Å². The molecule has 5 rings (SSSR count). The van der Waals surface area contributed by atoms with Crippen LogP contribution < -0.4 is 5.43 Å². The minimum Gasteiger partial charge on any atom is -0.308 e. The van der Waals surface area contributed by atoms with Gasteiger partial charge in [0, 0.05) is 21.7 Å². The topological polar surface area (TPSA) is 39.1 Å². The van der Waals surface area contributed by atoms with Gasteiger partial charge >= 0.3 is 0 Å². The van der Waals surface area contributed by atoms with E-state index in [0.29, 0.717) is 21.7 Å². The number of para-hydroxylation sites is 2. The molecule has 4 heteroatoms. The monoisotopic (exact) mass is 435 g/mol. The molecule has 5 aromatic rings. The zero-order valence-electron chi connectivity index (χ0n) is 17.0. The lowest BCUT2D eigenvalue weighted by atomic mass is 9.95. The smallest absolute Gasteiger partial charge is 0.201 e. The number of hydrogen-bond acceptors (Lipinski definition) is 2. The van der Waals surface area contributed by atoms with Crippen LogP contribution in [-0.2, 0) is 0 Å². The third kappa shape index (κ3) is 3.43. The number of halogens is 1. The molecule has 4 aromatic carbocycles. The van der Waals surface area contributed by atoms with E-state index < -0.39 is 0 Å². The summed E-state index contributed by atoms with van der Waals surface area (Å²) in [6, 6.07) is 33.3. The van der Waals surface area contributed by atoms with E-state index >= 15 is 0 Å². The number of carbonyl (C=O) groups is 1. The Morgan fingerprint density at radius 2 is 1.28 bits per heavy atom. The molecule has 0 atom stereocenters. The highest BCUT2D eigenvalue weighted by Gasteiger charge is 2.25. The fraction of sp³-hybridized carbons (Fsp3) is 0. The molecule has 0 bridgehead atoms. The molecule has 32 heavy (non-hydrogen) atoms. The number of nitrogens with zero attached hydrogens (tertiary/aromatic N) is 1. The summed E-state index contributed by atoms with van der Waals surface area (Å²) >= 11 is 6.03. The van der Waals surface area contributed by atoms with Crippen LogP contribution in [-0.4, -0.2) is 10.4 Å². The van der Waals surface area contributed by atoms with Gasteiger partial charge in [0.15, 0.2) is 5.78 Å². The van der Waals surface area contributed by atoms with Gasteiger partial charge in [0.05, 0.1) is 16.8 Å². The zero-order chi connectivity index (χ0) is 22.1. The van der Waals surface area contributed by atoms with Crippen molar-refractivity contribution >= 4 is 28.3 Å². The highest BCUT2D eigenvalue weighted by Crippen LogP contribution is 2.31. The lowest BCUT2D eigenvalue weighted by Gasteiger charge is -2.21. The summed E-state index contributed by atoms with van der Waals surface area (Å²) in [5.74, 6) is -0.332. The van der Waals surface area contributed by atoms with Gasteiger partial charge in [-0.2, -0.15) is 0 Å². The number of pyridine rings is 1. The van der Waals surface area contributed by atoms with Crippen molar-refractivity contribution in [2.24, 2.45) is 0 Å². The number of ketones is 1. The number of hydrogen-bond donors (Lipinski definition) is 0. The second-order valence-corrected chi connectivity index (χ2v) is 7.88. The van der Waals surface area contributed by atoms with Crippen LogP contribution >= 0.6 is 11.6 Å². The Morgan fingerprint density at radius 3 is 1.97 bits per heavy atom. The van der Waals surface area contributed by atoms with Crippen molar-refractivity contribution in [3.8, 4) is 16.9 Å². The van der Waals surface area contributed by atoms with E-state index in [1.54, 1.807) is 30.3 Å². The van der Waals surface area contributed by atoms with Crippen molar-refractivity contribution < 1.29 is 4.79 Å². The van der Waals surface area contributed by atoms with Gasteiger partial charge in [-0.15, -0.1) is 0 Å². The summed E-state index contributed by atoms with van der Waals surface area (Å²) in [6.07, 6.45) is 0. The van der Waals surface area contributed by atoms with Crippen molar-refractivity contribution in [3.63, 3.8) is 0 Å². The van der Waals surface area contributed by atoms with Crippen LogP contribution in [0.4, 0.5) is 0 Å². The highest BCUT2D eigenvalue weighted by atomic mass is 35.5. The lowest BCUT2D eigenvalue weighted by molar-refractivity contribution is 0.103. The SMILES string of the molecule is O=C(c1ccc(Cl)cc1)c1c(-c2ccccc2)n(-c2ccccc2)c2ccccc2c1=O. The van der Waals surface area contributed by atoms with Gasteiger partial charge in [0.25, 0.3) is 0 Å². The maximum atomic E-state index is 13.7. The molecule has 0 aliphatic carbocycles. The maximum Gasteiger partial charge on any atom is 0.201 e. The Hall–Kier alpha value is -3.95. The minimum atomic E-state index is -0.332. The number of benzene rings is 4. The van der Waals surface area contributed by atoms with Crippen LogP contribution in [0.2, 0.25) is 5.02 Å². The largest absolute Gasteiger partial charge is 0.308 e. The van der Waals surface area contributed by atoms with Crippen LogP contribution in [0.1, 0.15) is 15.9 Å². The fourth-order valence-electron chi connectivity index (χ4n) is 4.01. The molecule has 1 aromatic heterocycles. The second-order valence-electron chi connectivity index (χ2n) is 7.44. The van der Waals surface area contributed by atoms with Crippen molar-refractivity contribution in [1.82, 2.24) is 4.57 Å². The molecule has 154 valence electrons. The Bertz CT molecular complexity index is 1490. The average molecular weight is 436 g/mol. The second kappa shape index (κ2) is 8.29. The van der Waals surface area contributed by atoms with E-state index in [1.807, 2.05) is 83.4 Å². The fourth-order valence-corrected chi connectivity index (χ4v) is 4.13. The number of carbonyl (C=O) groups excluding carboxylic acids is 1. The van der Waals surface area contributed by atoms with Gasteiger partial charge in [0.2, 0.25) is 5.43 Å². The molecule has 0 saturated carbocycles. The summed E-state index contributed by atoms with van der Waals surface area (Å²) in [5, 5.41) is 1.03. The van der Waals surface area contributed by atoms with Gasteiger partial charge < -0.3 is 4.57 Å². The van der Waals surface area contributed by atoms with Crippen molar-refractivity contribution in [1.29, 1.82) is 0 Å². The normalized spacial score (nSPS) is 10.9. The minimum absolute atomic E-state index is 0.140. The van der Waals surface area contributed by atoms with Gasteiger partial charge in [-0.25, -0.2) is 0 Å². The molecule has 0 aliphatic rings. The molecule has 0 saturated heterocycles. The molecule has 0 N–H and O–H groups in total. The highest BCUT2D eigenvalue weighted by molar-refractivity contribution is 6.30. The van der Waals surface area contributed by atoms with E-state index in [4.69, 9.17) is 11.6 Å². The van der Waals surface area contributed by atoms with Crippen LogP contribution in [0.25, 0.3) is 27.8 Å². The first-order valence-electron chi connectivity index (χ1n) is 10.2. The Morgan fingerprint density at radius 1 is 0.688 bits per heavy atom. The molecule has 0 unspecified atom stereocenters. The van der Waals surface area contributed by atoms with E-state index in [-0.39, 0.29) is 16.8 Å². The summed E-state index contributed by atoms with van der Waals surface area (Å²) < 4.78 is 2.00. The first-order chi connectivity index (χ1) is 15.6. The van der Waals surface area contributed by atoms with Gasteiger partial charge in [-0.3, -0.25) is 9.59 Å². The van der Waals surface area contributed by atoms with Gasteiger partial charge in [0.1, 0.15) is 0 Å². The number of fused-ring (bicyclic) bond motifs is 1. The van der Waals surface area contributed by atoms with Gasteiger partial charge in [-0.05, 0) is 54.1 Å². The van der Waals surface area contributed by atoms with Crippen molar-refractivity contribution in [2.45, 2.75) is 0 Å². The number of aromatic nitrogens is 1. The molecular formula is C28H18ClNO2. The van der Waals surface area contributed by atoms with E-state index in [2.05, 4.69) is 0 Å². The maximum absolute atomic E-state index is 13.7. The van der Waals surface area contributed by atoms with Crippen LogP contribution in [0.15, 0.2) is 114 Å². The molecule has 0 radical (unpaired) electrons. The summed E-state index contributed by atoms with van der Waals surface area (Å²) in [7, 11) is 0. The van der Waals surface area contributed by atoms with Crippen molar-refractivity contribution in [3.05, 3.63) is 136 Å². The summed E-state index contributed by atoms with van der Waals surface area (Å²) in [4.78, 5) is 27.5. The lowest BCUT2D eigenvalue weighted by Crippen LogP contribution is -2.22. The number of rotatable bonds is 4. The van der Waals surface area contributed by atoms with E-state index in [1.165, 1.54) is 0 Å². The van der Waals surface area contributed by atoms with Crippen LogP contribution in [0.3, 0.4) is 0 Å². The van der Waals surface area contributed by atoms with Crippen molar-refractivity contribution in [2.75, 3.05) is 0 Å². The summed E-state index contributed by atoms with van der Waals surface area (Å²) in [6.45, 7) is 0. The first-order valence-corrected chi connectivity index (χ1v) is 10.6. The molecule has 0 fully saturated rings. The summed E-state index contributed by atoms with van der Waals surface area (Å²) in [5.41, 5.74) is 3.24. The van der Waals surface area contributed by atoms with Gasteiger partial charge in [-0.1, -0.05) is 72.3 Å². The third-order valence-electron chi connectivity index (χ3n) is 5.47. The molecule has 1 heterocycles. The third-order valence-corrected chi connectivity index (χ3v) is 5.72. The van der Waals surface area contributed by atoms with E-state index in [0.717, 1.165) is 16.8 Å². The molecule has 3 nitrogen and oxygen atoms in total. The average Bonchev–Trinajstić information content (AvgIpc) is 2.85. The van der Waals surface area contributed by atoms with Crippen LogP contribution in [0, 0.1) is 0 Å². The Kier molecular flexibility index (Phi) is 5.18. The first kappa shape index (κ1) is 20.0.